The van der Waals surface area contributed by atoms with Gasteiger partial charge in [0.05, 0.1) is 0 Å². The highest BCUT2D eigenvalue weighted by Gasteiger charge is 2.23. The van der Waals surface area contributed by atoms with E-state index in [4.69, 9.17) is 9.84 Å². The Kier molecular flexibility index (Phi) is 4.88. The van der Waals surface area contributed by atoms with E-state index in [0.717, 1.165) is 28.0 Å². The number of hydrogen-bond acceptors (Lipinski definition) is 3. The fraction of sp³-hybridized carbons (Fsp3) is 0.263. The van der Waals surface area contributed by atoms with Crippen LogP contribution in [0, 0.1) is 0 Å². The lowest BCUT2D eigenvalue weighted by Crippen LogP contribution is -2.36. The zero-order chi connectivity index (χ0) is 17.8. The largest absolute Gasteiger partial charge is 0.465 e. The van der Waals surface area contributed by atoms with Crippen LogP contribution in [0.15, 0.2) is 48.5 Å². The number of carbonyl (C=O) groups is 2. The van der Waals surface area contributed by atoms with Gasteiger partial charge >= 0.3 is 12.2 Å². The Bertz CT molecular complexity index is 776. The minimum Gasteiger partial charge on any atom is -0.465 e. The van der Waals surface area contributed by atoms with Crippen LogP contribution in [-0.2, 0) is 24.3 Å². The molecule has 0 saturated heterocycles. The predicted octanol–water partition coefficient (Wildman–Crippen LogP) is 3.50. The summed E-state index contributed by atoms with van der Waals surface area (Å²) in [5, 5.41) is 9.10. The monoisotopic (exact) mass is 340 g/mol. The van der Waals surface area contributed by atoms with Crippen LogP contribution < -0.4 is 4.90 Å². The zero-order valence-corrected chi connectivity index (χ0v) is 14.0. The van der Waals surface area contributed by atoms with Crippen molar-refractivity contribution in [1.29, 1.82) is 0 Å². The number of carboxylic acid groups (broad SMARTS) is 1. The van der Waals surface area contributed by atoms with E-state index in [9.17, 15) is 9.59 Å². The maximum Gasteiger partial charge on any atom is 0.411 e. The van der Waals surface area contributed by atoms with Crippen LogP contribution >= 0.6 is 0 Å². The highest BCUT2D eigenvalue weighted by Crippen LogP contribution is 2.25. The molecule has 25 heavy (non-hydrogen) atoms. The second-order valence-corrected chi connectivity index (χ2v) is 6.01. The average Bonchev–Trinajstić information content (AvgIpc) is 2.65. The normalized spacial score (nSPS) is 13.1. The average molecular weight is 340 g/mol. The minimum atomic E-state index is -1.02. The first-order chi connectivity index (χ1) is 12.0. The minimum absolute atomic E-state index is 0.241. The Labute approximate surface area is 146 Å². The number of hydrogen-bond donors (Lipinski definition) is 1. The lowest BCUT2D eigenvalue weighted by Gasteiger charge is -2.29. The number of ether oxygens (including phenoxy) is 1. The summed E-state index contributed by atoms with van der Waals surface area (Å²) in [6, 6.07) is 15.1. The Morgan fingerprint density at radius 3 is 2.64 bits per heavy atom. The van der Waals surface area contributed by atoms with Crippen molar-refractivity contribution in [3.8, 4) is 0 Å². The molecule has 1 N–H and O–H groups in total. The SMILES string of the molecule is CN(C(=O)O)c1ccc2c(c1)CN(C(=O)OCc1ccccc1)CC2. The van der Waals surface area contributed by atoms with Gasteiger partial charge in [0.1, 0.15) is 6.61 Å². The molecule has 0 radical (unpaired) electrons. The Morgan fingerprint density at radius 1 is 1.16 bits per heavy atom. The molecule has 0 aliphatic carbocycles. The van der Waals surface area contributed by atoms with Gasteiger partial charge in [-0.15, -0.1) is 0 Å². The van der Waals surface area contributed by atoms with Crippen molar-refractivity contribution in [2.24, 2.45) is 0 Å². The first kappa shape index (κ1) is 16.8. The topological polar surface area (TPSA) is 70.1 Å². The van der Waals surface area contributed by atoms with Crippen LogP contribution in [0.25, 0.3) is 0 Å². The van der Waals surface area contributed by atoms with Crippen molar-refractivity contribution in [2.75, 3.05) is 18.5 Å². The lowest BCUT2D eigenvalue weighted by atomic mass is 9.99. The first-order valence-electron chi connectivity index (χ1n) is 8.08. The molecule has 0 unspecified atom stereocenters. The molecule has 2 aromatic carbocycles. The molecule has 1 aliphatic heterocycles. The summed E-state index contributed by atoms with van der Waals surface area (Å²) in [5.74, 6) is 0. The number of benzene rings is 2. The molecule has 3 rings (SSSR count). The van der Waals surface area contributed by atoms with Crippen molar-refractivity contribution in [2.45, 2.75) is 19.6 Å². The van der Waals surface area contributed by atoms with Crippen molar-refractivity contribution in [3.05, 3.63) is 65.2 Å². The summed E-state index contributed by atoms with van der Waals surface area (Å²) in [5.41, 5.74) is 3.62. The third-order valence-electron chi connectivity index (χ3n) is 4.34. The molecule has 0 aromatic heterocycles. The smallest absolute Gasteiger partial charge is 0.411 e. The van der Waals surface area contributed by atoms with E-state index in [1.54, 1.807) is 11.0 Å². The predicted molar refractivity (Wildman–Crippen MR) is 93.6 cm³/mol. The summed E-state index contributed by atoms with van der Waals surface area (Å²) < 4.78 is 5.38. The molecule has 2 aromatic rings. The van der Waals surface area contributed by atoms with Gasteiger partial charge in [-0.2, -0.15) is 0 Å². The van der Waals surface area contributed by atoms with E-state index in [0.29, 0.717) is 18.8 Å². The molecule has 0 bridgehead atoms. The lowest BCUT2D eigenvalue weighted by molar-refractivity contribution is 0.0918. The molecule has 1 heterocycles. The van der Waals surface area contributed by atoms with Crippen LogP contribution in [0.5, 0.6) is 0 Å². The molecule has 2 amide bonds. The number of anilines is 1. The second-order valence-electron chi connectivity index (χ2n) is 6.01. The highest BCUT2D eigenvalue weighted by atomic mass is 16.6. The molecule has 0 fully saturated rings. The van der Waals surface area contributed by atoms with Gasteiger partial charge in [-0.3, -0.25) is 4.90 Å². The Hall–Kier alpha value is -3.02. The van der Waals surface area contributed by atoms with Crippen molar-refractivity contribution in [3.63, 3.8) is 0 Å². The van der Waals surface area contributed by atoms with E-state index in [1.165, 1.54) is 7.05 Å². The van der Waals surface area contributed by atoms with Crippen LogP contribution in [0.1, 0.15) is 16.7 Å². The molecule has 130 valence electrons. The number of carbonyl (C=O) groups excluding carboxylic acids is 1. The third-order valence-corrected chi connectivity index (χ3v) is 4.34. The Balaban J connectivity index is 1.66. The Morgan fingerprint density at radius 2 is 1.92 bits per heavy atom. The molecule has 0 spiro atoms. The summed E-state index contributed by atoms with van der Waals surface area (Å²) >= 11 is 0. The molecule has 1 aliphatic rings. The number of rotatable bonds is 3. The third kappa shape index (κ3) is 3.91. The van der Waals surface area contributed by atoms with E-state index >= 15 is 0 Å². The molecule has 6 heteroatoms. The highest BCUT2D eigenvalue weighted by molar-refractivity contribution is 5.85. The molecule has 0 saturated carbocycles. The molecule has 0 atom stereocenters. The fourth-order valence-electron chi connectivity index (χ4n) is 2.83. The summed E-state index contributed by atoms with van der Waals surface area (Å²) in [4.78, 5) is 26.2. The van der Waals surface area contributed by atoms with Gasteiger partial charge in [-0.25, -0.2) is 9.59 Å². The van der Waals surface area contributed by atoms with Gasteiger partial charge < -0.3 is 14.7 Å². The standard InChI is InChI=1S/C19H20N2O4/c1-20(18(22)23)17-8-7-15-9-10-21(12-16(15)11-17)19(24)25-13-14-5-3-2-4-6-14/h2-8,11H,9-10,12-13H2,1H3,(H,22,23). The summed E-state index contributed by atoms with van der Waals surface area (Å²) in [6.07, 6.45) is -0.645. The van der Waals surface area contributed by atoms with Gasteiger partial charge in [-0.1, -0.05) is 36.4 Å². The van der Waals surface area contributed by atoms with Crippen molar-refractivity contribution in [1.82, 2.24) is 4.90 Å². The number of nitrogens with zero attached hydrogens (tertiary/aromatic N) is 2. The van der Waals surface area contributed by atoms with Crippen LogP contribution in [-0.4, -0.2) is 35.8 Å². The first-order valence-corrected chi connectivity index (χ1v) is 8.08. The number of fused-ring (bicyclic) bond motifs is 1. The van der Waals surface area contributed by atoms with E-state index in [1.807, 2.05) is 42.5 Å². The van der Waals surface area contributed by atoms with Crippen molar-refractivity contribution < 1.29 is 19.4 Å². The molecular weight excluding hydrogens is 320 g/mol. The molecular formula is C19H20N2O4. The summed E-state index contributed by atoms with van der Waals surface area (Å²) in [7, 11) is 1.50. The van der Waals surface area contributed by atoms with E-state index < -0.39 is 6.09 Å². The number of amides is 2. The van der Waals surface area contributed by atoms with Gasteiger partial charge in [0.15, 0.2) is 0 Å². The second kappa shape index (κ2) is 7.25. The maximum atomic E-state index is 12.3. The summed E-state index contributed by atoms with van der Waals surface area (Å²) in [6.45, 7) is 1.25. The van der Waals surface area contributed by atoms with Crippen LogP contribution in [0.3, 0.4) is 0 Å². The van der Waals surface area contributed by atoms with Crippen LogP contribution in [0.2, 0.25) is 0 Å². The van der Waals surface area contributed by atoms with Crippen molar-refractivity contribution >= 4 is 17.9 Å². The zero-order valence-electron chi connectivity index (χ0n) is 14.0. The van der Waals surface area contributed by atoms with E-state index in [-0.39, 0.29) is 12.7 Å². The van der Waals surface area contributed by atoms with Gasteiger partial charge in [-0.05, 0) is 35.2 Å². The maximum absolute atomic E-state index is 12.3. The molecule has 6 nitrogen and oxygen atoms in total. The van der Waals surface area contributed by atoms with Crippen LogP contribution in [0.4, 0.5) is 15.3 Å². The van der Waals surface area contributed by atoms with Gasteiger partial charge in [0, 0.05) is 25.8 Å². The van der Waals surface area contributed by atoms with Gasteiger partial charge in [0.2, 0.25) is 0 Å². The quantitative estimate of drug-likeness (QED) is 0.928. The fourth-order valence-corrected chi connectivity index (χ4v) is 2.83. The van der Waals surface area contributed by atoms with Gasteiger partial charge in [0.25, 0.3) is 0 Å². The van der Waals surface area contributed by atoms with E-state index in [2.05, 4.69) is 0 Å².